The maximum atomic E-state index is 12.1. The molecule has 1 atom stereocenters. The van der Waals surface area contributed by atoms with Crippen LogP contribution >= 0.6 is 0 Å². The average Bonchev–Trinajstić information content (AvgIpc) is 3.03. The van der Waals surface area contributed by atoms with Crippen LogP contribution in [0.25, 0.3) is 0 Å². The molecule has 1 saturated heterocycles. The molecular formula is C12H21N3O3. The highest BCUT2D eigenvalue weighted by atomic mass is 16.4. The Kier molecular flexibility index (Phi) is 4.06. The van der Waals surface area contributed by atoms with Crippen LogP contribution in [0.4, 0.5) is 4.79 Å². The topological polar surface area (TPSA) is 72.9 Å². The third-order valence-electron chi connectivity index (χ3n) is 3.53. The molecule has 2 aliphatic rings. The maximum absolute atomic E-state index is 12.1. The average molecular weight is 255 g/mol. The van der Waals surface area contributed by atoms with Crippen molar-refractivity contribution in [3.8, 4) is 0 Å². The van der Waals surface area contributed by atoms with Crippen LogP contribution in [0.15, 0.2) is 0 Å². The van der Waals surface area contributed by atoms with Gasteiger partial charge in [0.05, 0.1) is 6.42 Å². The van der Waals surface area contributed by atoms with E-state index in [1.165, 1.54) is 0 Å². The number of hydrogen-bond donors (Lipinski definition) is 2. The van der Waals surface area contributed by atoms with Gasteiger partial charge in [-0.3, -0.25) is 4.79 Å². The van der Waals surface area contributed by atoms with E-state index in [2.05, 4.69) is 10.2 Å². The number of amides is 2. The highest BCUT2D eigenvalue weighted by Crippen LogP contribution is 2.27. The van der Waals surface area contributed by atoms with E-state index in [1.54, 1.807) is 4.90 Å². The Labute approximate surface area is 107 Å². The van der Waals surface area contributed by atoms with Crippen molar-refractivity contribution in [2.75, 3.05) is 26.7 Å². The molecule has 0 radical (unpaired) electrons. The van der Waals surface area contributed by atoms with Gasteiger partial charge in [-0.2, -0.15) is 0 Å². The monoisotopic (exact) mass is 255 g/mol. The molecule has 0 bridgehead atoms. The number of nitrogens with zero attached hydrogens (tertiary/aromatic N) is 2. The fourth-order valence-electron chi connectivity index (χ4n) is 2.36. The highest BCUT2D eigenvalue weighted by molar-refractivity contribution is 5.76. The number of carboxylic acid groups (broad SMARTS) is 1. The summed E-state index contributed by atoms with van der Waals surface area (Å²) in [4.78, 5) is 26.6. The van der Waals surface area contributed by atoms with Gasteiger partial charge in [0.25, 0.3) is 0 Å². The molecule has 1 unspecified atom stereocenters. The zero-order valence-corrected chi connectivity index (χ0v) is 10.8. The van der Waals surface area contributed by atoms with Gasteiger partial charge in [0.2, 0.25) is 0 Å². The first kappa shape index (κ1) is 13.1. The van der Waals surface area contributed by atoms with Gasteiger partial charge in [-0.1, -0.05) is 0 Å². The lowest BCUT2D eigenvalue weighted by molar-refractivity contribution is -0.137. The van der Waals surface area contributed by atoms with Gasteiger partial charge < -0.3 is 20.2 Å². The van der Waals surface area contributed by atoms with Gasteiger partial charge in [0, 0.05) is 25.2 Å². The quantitative estimate of drug-likeness (QED) is 0.743. The molecule has 1 heterocycles. The lowest BCUT2D eigenvalue weighted by atomic mass is 10.2. The third kappa shape index (κ3) is 3.60. The van der Waals surface area contributed by atoms with Gasteiger partial charge in [-0.25, -0.2) is 4.79 Å². The Hall–Kier alpha value is -1.30. The van der Waals surface area contributed by atoms with Crippen molar-refractivity contribution in [2.45, 2.75) is 37.8 Å². The van der Waals surface area contributed by atoms with Crippen molar-refractivity contribution in [3.05, 3.63) is 0 Å². The Bertz CT molecular complexity index is 331. The predicted molar refractivity (Wildman–Crippen MR) is 66.4 cm³/mol. The largest absolute Gasteiger partial charge is 0.481 e. The second kappa shape index (κ2) is 5.56. The van der Waals surface area contributed by atoms with Crippen LogP contribution in [0.2, 0.25) is 0 Å². The fourth-order valence-corrected chi connectivity index (χ4v) is 2.36. The number of carboxylic acids is 1. The van der Waals surface area contributed by atoms with E-state index >= 15 is 0 Å². The third-order valence-corrected chi connectivity index (χ3v) is 3.53. The van der Waals surface area contributed by atoms with E-state index in [0.29, 0.717) is 6.54 Å². The van der Waals surface area contributed by atoms with Crippen LogP contribution in [0.5, 0.6) is 0 Å². The van der Waals surface area contributed by atoms with E-state index in [9.17, 15) is 9.59 Å². The second-order valence-electron chi connectivity index (χ2n) is 5.27. The minimum Gasteiger partial charge on any atom is -0.481 e. The lowest BCUT2D eigenvalue weighted by Crippen LogP contribution is -2.47. The number of nitrogens with one attached hydrogen (secondary N) is 1. The van der Waals surface area contributed by atoms with Crippen LogP contribution in [0, 0.1) is 0 Å². The maximum Gasteiger partial charge on any atom is 0.317 e. The van der Waals surface area contributed by atoms with Crippen molar-refractivity contribution in [3.63, 3.8) is 0 Å². The van der Waals surface area contributed by atoms with E-state index < -0.39 is 5.97 Å². The first-order valence-electron chi connectivity index (χ1n) is 6.53. The smallest absolute Gasteiger partial charge is 0.317 e. The molecule has 0 aromatic heterocycles. The predicted octanol–water partition coefficient (Wildman–Crippen LogP) is 0.339. The molecule has 0 aromatic rings. The molecule has 0 spiro atoms. The fraction of sp³-hybridized carbons (Fsp3) is 0.833. The molecule has 2 amide bonds. The number of aliphatic carboxylic acids is 1. The van der Waals surface area contributed by atoms with Crippen molar-refractivity contribution in [1.29, 1.82) is 0 Å². The van der Waals surface area contributed by atoms with Crippen LogP contribution in [0.1, 0.15) is 25.7 Å². The zero-order chi connectivity index (χ0) is 13.1. The summed E-state index contributed by atoms with van der Waals surface area (Å²) in [6.45, 7) is 2.20. The minimum atomic E-state index is -0.853. The minimum absolute atomic E-state index is 0.0223. The summed E-state index contributed by atoms with van der Waals surface area (Å²) in [5.41, 5.74) is 0. The summed E-state index contributed by atoms with van der Waals surface area (Å²) in [5.74, 6) is -0.853. The standard InChI is InChI=1S/C12H21N3O3/c1-14-6-4-9(8-14)13-12(18)15(10-2-3-10)7-5-11(16)17/h9-10H,2-8H2,1H3,(H,13,18)(H,16,17). The lowest BCUT2D eigenvalue weighted by Gasteiger charge is -2.24. The van der Waals surface area contributed by atoms with Gasteiger partial charge >= 0.3 is 12.0 Å². The zero-order valence-electron chi connectivity index (χ0n) is 10.8. The molecule has 0 aromatic carbocycles. The second-order valence-corrected chi connectivity index (χ2v) is 5.27. The number of urea groups is 1. The van der Waals surface area contributed by atoms with Gasteiger partial charge in [-0.15, -0.1) is 0 Å². The Morgan fingerprint density at radius 1 is 1.39 bits per heavy atom. The summed E-state index contributed by atoms with van der Waals surface area (Å²) in [6.07, 6.45) is 2.99. The van der Waals surface area contributed by atoms with E-state index in [-0.39, 0.29) is 24.5 Å². The molecule has 2 fully saturated rings. The molecule has 1 saturated carbocycles. The van der Waals surface area contributed by atoms with Gasteiger partial charge in [0.15, 0.2) is 0 Å². The van der Waals surface area contributed by atoms with Crippen molar-refractivity contribution in [1.82, 2.24) is 15.1 Å². The van der Waals surface area contributed by atoms with Crippen LogP contribution < -0.4 is 5.32 Å². The molecule has 6 nitrogen and oxygen atoms in total. The number of hydrogen-bond acceptors (Lipinski definition) is 3. The molecule has 102 valence electrons. The highest BCUT2D eigenvalue weighted by Gasteiger charge is 2.34. The number of carbonyl (C=O) groups excluding carboxylic acids is 1. The van der Waals surface area contributed by atoms with Crippen LogP contribution in [-0.4, -0.2) is 65.7 Å². The number of likely N-dealkylation sites (tertiary alicyclic amines) is 1. The van der Waals surface area contributed by atoms with Gasteiger partial charge in [-0.05, 0) is 32.9 Å². The molecule has 1 aliphatic carbocycles. The Balaban J connectivity index is 1.81. The molecule has 2 N–H and O–H groups in total. The van der Waals surface area contributed by atoms with Crippen LogP contribution in [-0.2, 0) is 4.79 Å². The van der Waals surface area contributed by atoms with E-state index in [0.717, 1.165) is 32.4 Å². The molecule has 1 aliphatic heterocycles. The van der Waals surface area contributed by atoms with E-state index in [4.69, 9.17) is 5.11 Å². The van der Waals surface area contributed by atoms with E-state index in [1.807, 2.05) is 7.05 Å². The SMILES string of the molecule is CN1CCC(NC(=O)N(CCC(=O)O)C2CC2)C1. The number of likely N-dealkylation sites (N-methyl/N-ethyl adjacent to an activating group) is 1. The van der Waals surface area contributed by atoms with Crippen molar-refractivity contribution >= 4 is 12.0 Å². The van der Waals surface area contributed by atoms with Crippen molar-refractivity contribution < 1.29 is 14.7 Å². The Morgan fingerprint density at radius 3 is 2.61 bits per heavy atom. The van der Waals surface area contributed by atoms with Crippen LogP contribution in [0.3, 0.4) is 0 Å². The molecular weight excluding hydrogens is 234 g/mol. The molecule has 6 heteroatoms. The first-order valence-corrected chi connectivity index (χ1v) is 6.53. The summed E-state index contributed by atoms with van der Waals surface area (Å²) >= 11 is 0. The summed E-state index contributed by atoms with van der Waals surface area (Å²) in [6, 6.07) is 0.358. The number of rotatable bonds is 5. The summed E-state index contributed by atoms with van der Waals surface area (Å²) in [7, 11) is 2.04. The summed E-state index contributed by atoms with van der Waals surface area (Å²) < 4.78 is 0. The first-order chi connectivity index (χ1) is 8.56. The van der Waals surface area contributed by atoms with Crippen molar-refractivity contribution in [2.24, 2.45) is 0 Å². The normalized spacial score (nSPS) is 23.9. The summed E-state index contributed by atoms with van der Waals surface area (Å²) in [5, 5.41) is 11.7. The Morgan fingerprint density at radius 2 is 2.11 bits per heavy atom. The van der Waals surface area contributed by atoms with Gasteiger partial charge in [0.1, 0.15) is 0 Å². The number of carbonyl (C=O) groups is 2. The molecule has 2 rings (SSSR count). The molecule has 18 heavy (non-hydrogen) atoms.